The van der Waals surface area contributed by atoms with E-state index >= 15 is 0 Å². The Hall–Kier alpha value is -1.09. The lowest BCUT2D eigenvalue weighted by molar-refractivity contribution is 1.17. The lowest BCUT2D eigenvalue weighted by Crippen LogP contribution is -1.82. The fourth-order valence-corrected chi connectivity index (χ4v) is 1.50. The van der Waals surface area contributed by atoms with Crippen molar-refractivity contribution in [2.75, 3.05) is 0 Å². The van der Waals surface area contributed by atoms with E-state index in [1.54, 1.807) is 0 Å². The second-order valence-electron chi connectivity index (χ2n) is 2.77. The van der Waals surface area contributed by atoms with Crippen molar-refractivity contribution in [3.05, 3.63) is 22.7 Å². The molecule has 1 N–H and O–H groups in total. The zero-order valence-electron chi connectivity index (χ0n) is 6.85. The summed E-state index contributed by atoms with van der Waals surface area (Å²) in [4.78, 5) is 11.4. The first-order chi connectivity index (χ1) is 5.66. The van der Waals surface area contributed by atoms with Gasteiger partial charge in [0.1, 0.15) is 11.3 Å². The molecular weight excluding hydrogens is 174 g/mol. The maximum Gasteiger partial charge on any atom is 0.157 e. The van der Waals surface area contributed by atoms with E-state index in [-0.39, 0.29) is 0 Å². The third-order valence-electron chi connectivity index (χ3n) is 1.67. The number of nitrogens with zero attached hydrogens (tertiary/aromatic N) is 2. The van der Waals surface area contributed by atoms with Gasteiger partial charge in [-0.05, 0) is 19.9 Å². The zero-order valence-corrected chi connectivity index (χ0v) is 7.61. The number of pyridine rings is 1. The minimum Gasteiger partial charge on any atom is -0.342 e. The minimum absolute atomic E-state index is 0.467. The molecular formula is C8H8ClN3. The molecule has 3 nitrogen and oxygen atoms in total. The predicted octanol–water partition coefficient (Wildman–Crippen LogP) is 2.23. The molecule has 62 valence electrons. The van der Waals surface area contributed by atoms with Crippen molar-refractivity contribution in [3.8, 4) is 0 Å². The normalized spacial score (nSPS) is 10.9. The second-order valence-corrected chi connectivity index (χ2v) is 3.13. The molecule has 2 aromatic rings. The van der Waals surface area contributed by atoms with E-state index in [4.69, 9.17) is 11.6 Å². The van der Waals surface area contributed by atoms with Gasteiger partial charge in [0.15, 0.2) is 5.15 Å². The Balaban J connectivity index is 2.88. The number of hydrogen-bond donors (Lipinski definition) is 1. The lowest BCUT2D eigenvalue weighted by atomic mass is 10.3. The van der Waals surface area contributed by atoms with Gasteiger partial charge in [-0.2, -0.15) is 0 Å². The molecule has 0 amide bonds. The maximum atomic E-state index is 5.88. The molecule has 0 aliphatic rings. The van der Waals surface area contributed by atoms with Crippen LogP contribution in [0.5, 0.6) is 0 Å². The van der Waals surface area contributed by atoms with E-state index in [1.807, 2.05) is 19.9 Å². The molecule has 0 fully saturated rings. The standard InChI is InChI=1S/C8H8ClN3/c1-4-3-6-7(8(9)10-4)12-5(2)11-6/h3H,1-2H3,(H,11,12). The van der Waals surface area contributed by atoms with Gasteiger partial charge < -0.3 is 4.98 Å². The van der Waals surface area contributed by atoms with Crippen LogP contribution in [0.4, 0.5) is 0 Å². The number of nitrogens with one attached hydrogen (secondary N) is 1. The van der Waals surface area contributed by atoms with E-state index in [1.165, 1.54) is 0 Å². The fourth-order valence-electron chi connectivity index (χ4n) is 1.22. The molecule has 0 bridgehead atoms. The lowest BCUT2D eigenvalue weighted by Gasteiger charge is -1.93. The minimum atomic E-state index is 0.467. The van der Waals surface area contributed by atoms with Gasteiger partial charge >= 0.3 is 0 Å². The highest BCUT2D eigenvalue weighted by atomic mass is 35.5. The topological polar surface area (TPSA) is 41.6 Å². The molecule has 2 aromatic heterocycles. The third kappa shape index (κ3) is 1.06. The van der Waals surface area contributed by atoms with E-state index in [0.29, 0.717) is 5.15 Å². The summed E-state index contributed by atoms with van der Waals surface area (Å²) < 4.78 is 0. The number of hydrogen-bond acceptors (Lipinski definition) is 2. The fraction of sp³-hybridized carbons (Fsp3) is 0.250. The summed E-state index contributed by atoms with van der Waals surface area (Å²) in [5.74, 6) is 0.860. The van der Waals surface area contributed by atoms with Crippen LogP contribution in [0.25, 0.3) is 11.0 Å². The molecule has 4 heteroatoms. The third-order valence-corrected chi connectivity index (χ3v) is 1.94. The van der Waals surface area contributed by atoms with Crippen LogP contribution in [-0.4, -0.2) is 15.0 Å². The van der Waals surface area contributed by atoms with Crippen LogP contribution in [0.3, 0.4) is 0 Å². The predicted molar refractivity (Wildman–Crippen MR) is 48.4 cm³/mol. The summed E-state index contributed by atoms with van der Waals surface area (Å²) in [6.07, 6.45) is 0. The van der Waals surface area contributed by atoms with Crippen molar-refractivity contribution in [2.45, 2.75) is 13.8 Å². The van der Waals surface area contributed by atoms with Crippen molar-refractivity contribution in [3.63, 3.8) is 0 Å². The number of aromatic nitrogens is 3. The number of fused-ring (bicyclic) bond motifs is 1. The van der Waals surface area contributed by atoms with E-state index < -0.39 is 0 Å². The van der Waals surface area contributed by atoms with E-state index in [2.05, 4.69) is 15.0 Å². The van der Waals surface area contributed by atoms with Crippen molar-refractivity contribution in [1.29, 1.82) is 0 Å². The van der Waals surface area contributed by atoms with Crippen LogP contribution in [-0.2, 0) is 0 Å². The molecule has 2 rings (SSSR count). The SMILES string of the molecule is Cc1cc2[nH]c(C)nc2c(Cl)n1. The van der Waals surface area contributed by atoms with Crippen LogP contribution in [0.2, 0.25) is 5.15 Å². The Morgan fingerprint density at radius 1 is 1.33 bits per heavy atom. The van der Waals surface area contributed by atoms with Crippen molar-refractivity contribution in [1.82, 2.24) is 15.0 Å². The van der Waals surface area contributed by atoms with Crippen molar-refractivity contribution >= 4 is 22.6 Å². The molecule has 0 saturated heterocycles. The summed E-state index contributed by atoms with van der Waals surface area (Å²) in [5, 5.41) is 0.467. The average molecular weight is 182 g/mol. The number of imidazole rings is 1. The van der Waals surface area contributed by atoms with E-state index in [0.717, 1.165) is 22.6 Å². The molecule has 2 heterocycles. The summed E-state index contributed by atoms with van der Waals surface area (Å²) in [6.45, 7) is 3.80. The Morgan fingerprint density at radius 3 is 2.83 bits per heavy atom. The molecule has 12 heavy (non-hydrogen) atoms. The van der Waals surface area contributed by atoms with Gasteiger partial charge in [0.2, 0.25) is 0 Å². The molecule has 0 atom stereocenters. The van der Waals surface area contributed by atoms with Gasteiger partial charge in [-0.25, -0.2) is 9.97 Å². The molecule has 0 aromatic carbocycles. The van der Waals surface area contributed by atoms with E-state index in [9.17, 15) is 0 Å². The second kappa shape index (κ2) is 2.45. The van der Waals surface area contributed by atoms with Crippen LogP contribution in [0.15, 0.2) is 6.07 Å². The summed E-state index contributed by atoms with van der Waals surface area (Å²) in [5.41, 5.74) is 2.60. The van der Waals surface area contributed by atoms with Crippen LogP contribution < -0.4 is 0 Å². The molecule has 0 aliphatic carbocycles. The van der Waals surface area contributed by atoms with Crippen molar-refractivity contribution < 1.29 is 0 Å². The largest absolute Gasteiger partial charge is 0.342 e. The Kier molecular flexibility index (Phi) is 1.54. The monoisotopic (exact) mass is 181 g/mol. The highest BCUT2D eigenvalue weighted by Gasteiger charge is 2.05. The number of aryl methyl sites for hydroxylation is 2. The number of aromatic amines is 1. The number of rotatable bonds is 0. The summed E-state index contributed by atoms with van der Waals surface area (Å²) in [7, 11) is 0. The zero-order chi connectivity index (χ0) is 8.72. The molecule has 0 unspecified atom stereocenters. The molecule has 0 saturated carbocycles. The maximum absolute atomic E-state index is 5.88. The molecule has 0 spiro atoms. The van der Waals surface area contributed by atoms with Gasteiger partial charge in [-0.1, -0.05) is 11.6 Å². The average Bonchev–Trinajstić information content (AvgIpc) is 2.29. The first kappa shape index (κ1) is 7.55. The number of halogens is 1. The molecule has 0 radical (unpaired) electrons. The van der Waals surface area contributed by atoms with Gasteiger partial charge in [-0.3, -0.25) is 0 Å². The van der Waals surface area contributed by atoms with Gasteiger partial charge in [0.05, 0.1) is 5.52 Å². The number of H-pyrrole nitrogens is 1. The van der Waals surface area contributed by atoms with Crippen LogP contribution >= 0.6 is 11.6 Å². The van der Waals surface area contributed by atoms with Crippen molar-refractivity contribution in [2.24, 2.45) is 0 Å². The first-order valence-electron chi connectivity index (χ1n) is 3.66. The smallest absolute Gasteiger partial charge is 0.157 e. The van der Waals surface area contributed by atoms with Gasteiger partial charge in [0.25, 0.3) is 0 Å². The van der Waals surface area contributed by atoms with Gasteiger partial charge in [-0.15, -0.1) is 0 Å². The summed E-state index contributed by atoms with van der Waals surface area (Å²) in [6, 6.07) is 1.93. The Morgan fingerprint density at radius 2 is 2.08 bits per heavy atom. The summed E-state index contributed by atoms with van der Waals surface area (Å²) >= 11 is 5.88. The Bertz CT molecular complexity index is 433. The molecule has 0 aliphatic heterocycles. The highest BCUT2D eigenvalue weighted by Crippen LogP contribution is 2.19. The van der Waals surface area contributed by atoms with Crippen LogP contribution in [0.1, 0.15) is 11.5 Å². The Labute approximate surface area is 74.8 Å². The first-order valence-corrected chi connectivity index (χ1v) is 4.04. The quantitative estimate of drug-likeness (QED) is 0.634. The van der Waals surface area contributed by atoms with Crippen LogP contribution in [0, 0.1) is 13.8 Å². The highest BCUT2D eigenvalue weighted by molar-refractivity contribution is 6.33. The van der Waals surface area contributed by atoms with Gasteiger partial charge in [0, 0.05) is 5.69 Å².